The summed E-state index contributed by atoms with van der Waals surface area (Å²) in [6, 6.07) is 3.64. The van der Waals surface area contributed by atoms with Crippen LogP contribution < -0.4 is 5.32 Å². The standard InChI is InChI=1S/C20H28N4O3S/c1-13(2)27-20(3,4)16-12-28-19(21-16)22-18(26)15-7-6-8-24(15)11-14-9-17(25)23(5)10-14/h6-8,12-14H,9-11H2,1-5H3,(H,21,22,26). The summed E-state index contributed by atoms with van der Waals surface area (Å²) < 4.78 is 7.83. The predicted octanol–water partition coefficient (Wildman–Crippen LogP) is 3.34. The van der Waals surface area contributed by atoms with Gasteiger partial charge in [0.1, 0.15) is 11.3 Å². The number of nitrogens with one attached hydrogen (secondary N) is 1. The molecule has 1 saturated heterocycles. The predicted molar refractivity (Wildman–Crippen MR) is 109 cm³/mol. The average molecular weight is 405 g/mol. The number of ether oxygens (including phenoxy) is 1. The topological polar surface area (TPSA) is 76.5 Å². The monoisotopic (exact) mass is 404 g/mol. The quantitative estimate of drug-likeness (QED) is 0.768. The minimum atomic E-state index is -0.519. The molecule has 7 nitrogen and oxygen atoms in total. The van der Waals surface area contributed by atoms with E-state index in [1.807, 2.05) is 57.0 Å². The van der Waals surface area contributed by atoms with Crippen molar-refractivity contribution < 1.29 is 14.3 Å². The molecule has 3 heterocycles. The molecule has 2 aromatic rings. The Kier molecular flexibility index (Phi) is 5.90. The van der Waals surface area contributed by atoms with E-state index in [4.69, 9.17) is 4.74 Å². The molecule has 1 aliphatic heterocycles. The van der Waals surface area contributed by atoms with Gasteiger partial charge >= 0.3 is 0 Å². The number of hydrogen-bond acceptors (Lipinski definition) is 5. The number of thiazole rings is 1. The van der Waals surface area contributed by atoms with E-state index in [0.29, 0.717) is 23.8 Å². The van der Waals surface area contributed by atoms with Gasteiger partial charge in [-0.05, 0) is 39.8 Å². The van der Waals surface area contributed by atoms with E-state index in [0.717, 1.165) is 12.2 Å². The van der Waals surface area contributed by atoms with Gasteiger partial charge in [-0.2, -0.15) is 0 Å². The Labute approximate surface area is 169 Å². The largest absolute Gasteiger partial charge is 0.367 e. The fourth-order valence-corrected chi connectivity index (χ4v) is 4.42. The SMILES string of the molecule is CC(C)OC(C)(C)c1csc(NC(=O)c2cccn2CC2CC(=O)N(C)C2)n1. The highest BCUT2D eigenvalue weighted by molar-refractivity contribution is 7.14. The van der Waals surface area contributed by atoms with Crippen molar-refractivity contribution in [2.24, 2.45) is 5.92 Å². The van der Waals surface area contributed by atoms with Crippen LogP contribution in [0.2, 0.25) is 0 Å². The van der Waals surface area contributed by atoms with Crippen LogP contribution in [0.5, 0.6) is 0 Å². The zero-order valence-corrected chi connectivity index (χ0v) is 17.9. The van der Waals surface area contributed by atoms with E-state index in [1.165, 1.54) is 11.3 Å². The van der Waals surface area contributed by atoms with Crippen molar-refractivity contribution in [1.82, 2.24) is 14.5 Å². The first-order valence-electron chi connectivity index (χ1n) is 9.50. The molecule has 28 heavy (non-hydrogen) atoms. The summed E-state index contributed by atoms with van der Waals surface area (Å²) in [6.07, 6.45) is 2.49. The van der Waals surface area contributed by atoms with Crippen LogP contribution in [0.25, 0.3) is 0 Å². The van der Waals surface area contributed by atoms with Crippen molar-refractivity contribution in [2.75, 3.05) is 18.9 Å². The Bertz CT molecular complexity index is 855. The number of aromatic nitrogens is 2. The highest BCUT2D eigenvalue weighted by Crippen LogP contribution is 2.29. The Hall–Kier alpha value is -2.19. The first-order chi connectivity index (χ1) is 13.2. The number of hydrogen-bond donors (Lipinski definition) is 1. The molecule has 1 unspecified atom stereocenters. The van der Waals surface area contributed by atoms with Crippen LogP contribution in [0.4, 0.5) is 5.13 Å². The maximum Gasteiger partial charge on any atom is 0.274 e. The van der Waals surface area contributed by atoms with Crippen LogP contribution in [0.1, 0.15) is 50.3 Å². The number of anilines is 1. The van der Waals surface area contributed by atoms with Crippen molar-refractivity contribution in [2.45, 2.75) is 52.4 Å². The lowest BCUT2D eigenvalue weighted by atomic mass is 10.1. The molecule has 1 atom stereocenters. The molecule has 152 valence electrons. The lowest BCUT2D eigenvalue weighted by molar-refractivity contribution is -0.126. The fourth-order valence-electron chi connectivity index (χ4n) is 3.55. The molecule has 0 bridgehead atoms. The van der Waals surface area contributed by atoms with Gasteiger partial charge in [0.25, 0.3) is 5.91 Å². The first-order valence-corrected chi connectivity index (χ1v) is 10.4. The maximum absolute atomic E-state index is 12.8. The van der Waals surface area contributed by atoms with Gasteiger partial charge in [0, 0.05) is 44.1 Å². The Morgan fingerprint density at radius 1 is 1.46 bits per heavy atom. The number of carbonyl (C=O) groups is 2. The summed E-state index contributed by atoms with van der Waals surface area (Å²) in [6.45, 7) is 9.28. The molecule has 1 fully saturated rings. The molecular weight excluding hydrogens is 376 g/mol. The van der Waals surface area contributed by atoms with Crippen LogP contribution in [0, 0.1) is 5.92 Å². The lowest BCUT2D eigenvalue weighted by Gasteiger charge is -2.25. The summed E-state index contributed by atoms with van der Waals surface area (Å²) in [5.74, 6) is 0.174. The van der Waals surface area contributed by atoms with Crippen LogP contribution in [-0.2, 0) is 21.7 Å². The third-order valence-corrected chi connectivity index (χ3v) is 5.57. The van der Waals surface area contributed by atoms with Gasteiger partial charge in [0.05, 0.1) is 11.8 Å². The molecule has 3 rings (SSSR count). The molecule has 0 spiro atoms. The normalized spacial score (nSPS) is 17.6. The van der Waals surface area contributed by atoms with Crippen LogP contribution >= 0.6 is 11.3 Å². The Morgan fingerprint density at radius 3 is 2.86 bits per heavy atom. The summed E-state index contributed by atoms with van der Waals surface area (Å²) >= 11 is 1.38. The highest BCUT2D eigenvalue weighted by atomic mass is 32.1. The van der Waals surface area contributed by atoms with Gasteiger partial charge in [0.15, 0.2) is 5.13 Å². The van der Waals surface area contributed by atoms with Crippen LogP contribution in [0.15, 0.2) is 23.7 Å². The number of rotatable bonds is 7. The number of nitrogens with zero attached hydrogens (tertiary/aromatic N) is 3. The van der Waals surface area contributed by atoms with Gasteiger partial charge in [-0.15, -0.1) is 11.3 Å². The van der Waals surface area contributed by atoms with Crippen molar-refractivity contribution in [3.05, 3.63) is 35.1 Å². The lowest BCUT2D eigenvalue weighted by Crippen LogP contribution is -2.26. The van der Waals surface area contributed by atoms with Crippen molar-refractivity contribution in [3.63, 3.8) is 0 Å². The van der Waals surface area contributed by atoms with E-state index in [9.17, 15) is 9.59 Å². The number of carbonyl (C=O) groups excluding carboxylic acids is 2. The maximum atomic E-state index is 12.8. The molecule has 0 aliphatic carbocycles. The molecule has 0 saturated carbocycles. The molecule has 1 N–H and O–H groups in total. The van der Waals surface area contributed by atoms with E-state index < -0.39 is 5.60 Å². The van der Waals surface area contributed by atoms with E-state index in [1.54, 1.807) is 11.0 Å². The minimum absolute atomic E-state index is 0.0829. The zero-order valence-electron chi connectivity index (χ0n) is 17.1. The van der Waals surface area contributed by atoms with Gasteiger partial charge in [-0.1, -0.05) is 0 Å². The number of likely N-dealkylation sites (tertiary alicyclic amines) is 1. The highest BCUT2D eigenvalue weighted by Gasteiger charge is 2.28. The van der Waals surface area contributed by atoms with E-state index in [2.05, 4.69) is 10.3 Å². The minimum Gasteiger partial charge on any atom is -0.367 e. The van der Waals surface area contributed by atoms with Gasteiger partial charge in [-0.25, -0.2) is 4.98 Å². The van der Waals surface area contributed by atoms with Crippen molar-refractivity contribution in [3.8, 4) is 0 Å². The summed E-state index contributed by atoms with van der Waals surface area (Å²) in [4.78, 5) is 30.8. The molecular formula is C20H28N4O3S. The first kappa shape index (κ1) is 20.5. The Morgan fingerprint density at radius 2 is 2.21 bits per heavy atom. The third kappa shape index (κ3) is 4.62. The smallest absolute Gasteiger partial charge is 0.274 e. The average Bonchev–Trinajstić information content (AvgIpc) is 3.28. The summed E-state index contributed by atoms with van der Waals surface area (Å²) in [5.41, 5.74) is 0.843. The molecule has 8 heteroatoms. The number of amides is 2. The van der Waals surface area contributed by atoms with Crippen LogP contribution in [0.3, 0.4) is 0 Å². The van der Waals surface area contributed by atoms with Crippen molar-refractivity contribution >= 4 is 28.3 Å². The second-order valence-electron chi connectivity index (χ2n) is 8.06. The second-order valence-corrected chi connectivity index (χ2v) is 8.92. The van der Waals surface area contributed by atoms with Gasteiger partial charge < -0.3 is 14.2 Å². The van der Waals surface area contributed by atoms with E-state index >= 15 is 0 Å². The van der Waals surface area contributed by atoms with Crippen LogP contribution in [-0.4, -0.2) is 46.0 Å². The fraction of sp³-hybridized carbons (Fsp3) is 0.550. The molecule has 0 radical (unpaired) electrons. The molecule has 0 aromatic carbocycles. The van der Waals surface area contributed by atoms with Gasteiger partial charge in [-0.3, -0.25) is 14.9 Å². The van der Waals surface area contributed by atoms with Crippen molar-refractivity contribution in [1.29, 1.82) is 0 Å². The molecule has 2 aromatic heterocycles. The zero-order chi connectivity index (χ0) is 20.5. The molecule has 1 aliphatic rings. The third-order valence-electron chi connectivity index (χ3n) is 4.81. The van der Waals surface area contributed by atoms with Gasteiger partial charge in [0.2, 0.25) is 5.91 Å². The van der Waals surface area contributed by atoms with E-state index in [-0.39, 0.29) is 23.8 Å². The second kappa shape index (κ2) is 8.05. The summed E-state index contributed by atoms with van der Waals surface area (Å²) in [5, 5.41) is 5.35. The summed E-state index contributed by atoms with van der Waals surface area (Å²) in [7, 11) is 1.82. The Balaban J connectivity index is 1.66. The molecule has 2 amide bonds.